The Kier molecular flexibility index (Phi) is 8.80. The highest BCUT2D eigenvalue weighted by Crippen LogP contribution is 2.70. The topological polar surface area (TPSA) is 126 Å². The van der Waals surface area contributed by atoms with E-state index in [1.807, 2.05) is 76.9 Å². The summed E-state index contributed by atoms with van der Waals surface area (Å²) < 4.78 is 11.1. The average Bonchev–Trinajstić information content (AvgIpc) is 3.36. The van der Waals surface area contributed by atoms with Crippen molar-refractivity contribution in [2.75, 3.05) is 6.54 Å². The lowest BCUT2D eigenvalue weighted by molar-refractivity contribution is 0.0220. The molecule has 3 amide bonds. The van der Waals surface area contributed by atoms with Crippen LogP contribution in [-0.4, -0.2) is 67.7 Å². The third kappa shape index (κ3) is 7.45. The van der Waals surface area contributed by atoms with Gasteiger partial charge in [-0.15, -0.1) is 11.8 Å². The van der Waals surface area contributed by atoms with Gasteiger partial charge in [0.05, 0.1) is 23.2 Å². The number of H-pyrrole nitrogens is 1. The molecule has 2 aromatic carbocycles. The van der Waals surface area contributed by atoms with Crippen molar-refractivity contribution in [3.05, 3.63) is 66.1 Å². The number of amides is 3. The Morgan fingerprint density at radius 2 is 1.45 bits per heavy atom. The normalized spacial score (nSPS) is 23.9. The van der Waals surface area contributed by atoms with Crippen molar-refractivity contribution >= 4 is 29.9 Å². The SMILES string of the molecule is CC(C)(C)OC(=O)NC1CCCC1NC(=O)c1ccc(-c2ccc(-c3cnc(C4SC45CCCN5C(=O)OC(C)(C)C)[nH]3)cc2)cc1. The van der Waals surface area contributed by atoms with Crippen LogP contribution in [0.15, 0.2) is 54.7 Å². The van der Waals surface area contributed by atoms with Gasteiger partial charge in [0.15, 0.2) is 0 Å². The number of ether oxygens (including phenoxy) is 2. The number of nitrogens with one attached hydrogen (secondary N) is 3. The third-order valence-electron chi connectivity index (χ3n) is 8.72. The van der Waals surface area contributed by atoms with Crippen molar-refractivity contribution in [3.8, 4) is 22.4 Å². The molecular weight excluding hydrogens is 614 g/mol. The molecule has 2 aliphatic heterocycles. The lowest BCUT2D eigenvalue weighted by Crippen LogP contribution is -2.49. The van der Waals surface area contributed by atoms with Gasteiger partial charge in [-0.25, -0.2) is 14.6 Å². The molecule has 3 N–H and O–H groups in total. The van der Waals surface area contributed by atoms with Crippen molar-refractivity contribution in [2.24, 2.45) is 0 Å². The molecule has 3 aromatic rings. The van der Waals surface area contributed by atoms with Crippen molar-refractivity contribution < 1.29 is 23.9 Å². The van der Waals surface area contributed by atoms with Crippen molar-refractivity contribution in [1.29, 1.82) is 0 Å². The first kappa shape index (κ1) is 32.9. The van der Waals surface area contributed by atoms with E-state index in [-0.39, 0.29) is 34.2 Å². The first-order valence-electron chi connectivity index (χ1n) is 16.5. The summed E-state index contributed by atoms with van der Waals surface area (Å²) >= 11 is 1.77. The van der Waals surface area contributed by atoms with Gasteiger partial charge in [0, 0.05) is 18.2 Å². The highest BCUT2D eigenvalue weighted by atomic mass is 32.2. The fraction of sp³-hybridized carbons (Fsp3) is 0.500. The molecule has 3 fully saturated rings. The Morgan fingerprint density at radius 3 is 2.09 bits per heavy atom. The number of aromatic nitrogens is 2. The summed E-state index contributed by atoms with van der Waals surface area (Å²) in [6, 6.07) is 15.5. The summed E-state index contributed by atoms with van der Waals surface area (Å²) in [5.41, 5.74) is 3.45. The number of likely N-dealkylation sites (tertiary alicyclic amines) is 1. The molecule has 6 rings (SSSR count). The van der Waals surface area contributed by atoms with Crippen molar-refractivity contribution in [1.82, 2.24) is 25.5 Å². The van der Waals surface area contributed by atoms with Gasteiger partial charge in [-0.2, -0.15) is 0 Å². The molecule has 4 unspecified atom stereocenters. The summed E-state index contributed by atoms with van der Waals surface area (Å²) in [6.07, 6.45) is 5.55. The van der Waals surface area contributed by atoms with Gasteiger partial charge in [0.2, 0.25) is 0 Å². The predicted octanol–water partition coefficient (Wildman–Crippen LogP) is 7.43. The van der Waals surface area contributed by atoms with Gasteiger partial charge < -0.3 is 25.1 Å². The fourth-order valence-electron chi connectivity index (χ4n) is 6.50. The van der Waals surface area contributed by atoms with E-state index in [1.54, 1.807) is 11.8 Å². The van der Waals surface area contributed by atoms with E-state index in [9.17, 15) is 14.4 Å². The van der Waals surface area contributed by atoms with Crippen LogP contribution in [0.25, 0.3) is 22.4 Å². The maximum atomic E-state index is 13.1. The predicted molar refractivity (Wildman–Crippen MR) is 183 cm³/mol. The van der Waals surface area contributed by atoms with Crippen LogP contribution >= 0.6 is 11.8 Å². The molecule has 0 bridgehead atoms. The Bertz CT molecular complexity index is 1620. The standard InChI is InChI=1S/C36H45N5O5S/c1-34(2,3)45-32(43)40-27-10-7-9-26(27)39-31(42)25-17-13-23(14-18-25)22-11-15-24(16-12-22)28-21-37-30(38-28)29-36(47-29)19-8-20-41(36)33(44)46-35(4,5)6/h11-18,21,26-27,29H,7-10,19-20H2,1-6H3,(H,37,38)(H,39,42)(H,40,43). The van der Waals surface area contributed by atoms with Crippen LogP contribution in [0.5, 0.6) is 0 Å². The molecule has 1 spiro atoms. The van der Waals surface area contributed by atoms with E-state index in [4.69, 9.17) is 14.5 Å². The average molecular weight is 660 g/mol. The van der Waals surface area contributed by atoms with Crippen LogP contribution in [0.2, 0.25) is 0 Å². The van der Waals surface area contributed by atoms with Crippen LogP contribution in [-0.2, 0) is 9.47 Å². The molecular formula is C36H45N5O5S. The number of carbonyl (C=O) groups is 3. The lowest BCUT2D eigenvalue weighted by atomic mass is 10.0. The van der Waals surface area contributed by atoms with Gasteiger partial charge >= 0.3 is 12.2 Å². The smallest absolute Gasteiger partial charge is 0.411 e. The summed E-state index contributed by atoms with van der Waals surface area (Å²) in [4.78, 5) is 48.0. The molecule has 1 saturated carbocycles. The quantitative estimate of drug-likeness (QED) is 0.235. The summed E-state index contributed by atoms with van der Waals surface area (Å²) in [5.74, 6) is 0.718. The van der Waals surface area contributed by atoms with Crippen LogP contribution < -0.4 is 10.6 Å². The van der Waals surface area contributed by atoms with E-state index >= 15 is 0 Å². The second kappa shape index (κ2) is 12.6. The zero-order valence-electron chi connectivity index (χ0n) is 28.0. The molecule has 47 heavy (non-hydrogen) atoms. The first-order valence-corrected chi connectivity index (χ1v) is 17.3. The number of hydrogen-bond acceptors (Lipinski definition) is 7. The van der Waals surface area contributed by atoms with Crippen molar-refractivity contribution in [3.63, 3.8) is 0 Å². The molecule has 4 atom stereocenters. The number of rotatable bonds is 6. The minimum Gasteiger partial charge on any atom is -0.444 e. The highest BCUT2D eigenvalue weighted by Gasteiger charge is 2.65. The number of thioether (sulfide) groups is 1. The lowest BCUT2D eigenvalue weighted by Gasteiger charge is -2.28. The summed E-state index contributed by atoms with van der Waals surface area (Å²) in [5, 5.41) is 6.12. The Labute approximate surface area is 280 Å². The number of imidazole rings is 1. The van der Waals surface area contributed by atoms with Gasteiger partial charge in [0.1, 0.15) is 21.9 Å². The number of carbonyl (C=O) groups excluding carboxylic acids is 3. The second-order valence-corrected chi connectivity index (χ2v) is 16.1. The van der Waals surface area contributed by atoms with E-state index in [2.05, 4.69) is 39.9 Å². The van der Waals surface area contributed by atoms with Crippen LogP contribution in [0.1, 0.15) is 95.1 Å². The molecule has 1 aliphatic carbocycles. The zero-order chi connectivity index (χ0) is 33.6. The number of benzene rings is 2. The monoisotopic (exact) mass is 659 g/mol. The number of nitrogens with zero attached hydrogens (tertiary/aromatic N) is 2. The molecule has 250 valence electrons. The summed E-state index contributed by atoms with van der Waals surface area (Å²) in [6.45, 7) is 11.9. The van der Waals surface area contributed by atoms with Gasteiger partial charge in [0.25, 0.3) is 5.91 Å². The molecule has 2 saturated heterocycles. The van der Waals surface area contributed by atoms with Gasteiger partial charge in [-0.3, -0.25) is 9.69 Å². The van der Waals surface area contributed by atoms with Crippen LogP contribution in [0.4, 0.5) is 9.59 Å². The largest absolute Gasteiger partial charge is 0.444 e. The first-order chi connectivity index (χ1) is 22.2. The fourth-order valence-corrected chi connectivity index (χ4v) is 7.98. The van der Waals surface area contributed by atoms with Gasteiger partial charge in [-0.05, 0) is 102 Å². The molecule has 10 nitrogen and oxygen atoms in total. The summed E-state index contributed by atoms with van der Waals surface area (Å²) in [7, 11) is 0. The van der Waals surface area contributed by atoms with Crippen molar-refractivity contribution in [2.45, 2.75) is 107 Å². The van der Waals surface area contributed by atoms with E-state index < -0.39 is 17.3 Å². The van der Waals surface area contributed by atoms with E-state index in [0.717, 1.165) is 60.3 Å². The Balaban J connectivity index is 1.05. The highest BCUT2D eigenvalue weighted by molar-refractivity contribution is 8.08. The second-order valence-electron chi connectivity index (χ2n) is 14.7. The molecule has 11 heteroatoms. The molecule has 1 aromatic heterocycles. The number of alkyl carbamates (subject to hydrolysis) is 1. The minimum absolute atomic E-state index is 0.0991. The zero-order valence-corrected chi connectivity index (χ0v) is 28.8. The Hall–Kier alpha value is -3.99. The minimum atomic E-state index is -0.575. The van der Waals surface area contributed by atoms with Gasteiger partial charge in [-0.1, -0.05) is 36.4 Å². The van der Waals surface area contributed by atoms with E-state index in [1.165, 1.54) is 0 Å². The molecule has 3 heterocycles. The van der Waals surface area contributed by atoms with Crippen LogP contribution in [0.3, 0.4) is 0 Å². The Morgan fingerprint density at radius 1 is 0.851 bits per heavy atom. The van der Waals surface area contributed by atoms with Crippen LogP contribution in [0, 0.1) is 0 Å². The maximum absolute atomic E-state index is 13.1. The van der Waals surface area contributed by atoms with E-state index in [0.29, 0.717) is 12.1 Å². The number of hydrogen-bond donors (Lipinski definition) is 3. The molecule has 0 radical (unpaired) electrons. The molecule has 3 aliphatic rings. The maximum Gasteiger partial charge on any atom is 0.411 e. The third-order valence-corrected chi connectivity index (χ3v) is 10.4. The number of aromatic amines is 1.